The summed E-state index contributed by atoms with van der Waals surface area (Å²) in [4.78, 5) is 44.9. The molecule has 0 amide bonds. The molecular formula is C16H14O8. The molecular weight excluding hydrogens is 320 g/mol. The Morgan fingerprint density at radius 1 is 0.875 bits per heavy atom. The van der Waals surface area contributed by atoms with Gasteiger partial charge in [0.1, 0.15) is 13.2 Å². The average Bonchev–Trinajstić information content (AvgIpc) is 2.56. The minimum Gasteiger partial charge on any atom is -0.478 e. The van der Waals surface area contributed by atoms with Gasteiger partial charge in [0.15, 0.2) is 0 Å². The molecule has 0 aromatic heterocycles. The Morgan fingerprint density at radius 3 is 1.96 bits per heavy atom. The lowest BCUT2D eigenvalue weighted by molar-refractivity contribution is -0.141. The van der Waals surface area contributed by atoms with Crippen LogP contribution in [0.3, 0.4) is 0 Å². The molecule has 8 heteroatoms. The summed E-state index contributed by atoms with van der Waals surface area (Å²) in [6.45, 7) is 5.70. The third-order valence-electron chi connectivity index (χ3n) is 2.80. The predicted molar refractivity (Wildman–Crippen MR) is 80.6 cm³/mol. The molecule has 2 N–H and O–H groups in total. The van der Waals surface area contributed by atoms with E-state index in [2.05, 4.69) is 17.9 Å². The van der Waals surface area contributed by atoms with E-state index >= 15 is 0 Å². The molecule has 126 valence electrons. The van der Waals surface area contributed by atoms with Crippen LogP contribution in [-0.2, 0) is 19.1 Å². The highest BCUT2D eigenvalue weighted by atomic mass is 16.6. The number of hydrogen-bond acceptors (Lipinski definition) is 6. The van der Waals surface area contributed by atoms with E-state index in [1.54, 1.807) is 0 Å². The second-order valence-corrected chi connectivity index (χ2v) is 4.38. The summed E-state index contributed by atoms with van der Waals surface area (Å²) < 4.78 is 9.49. The van der Waals surface area contributed by atoms with Crippen molar-refractivity contribution in [2.75, 3.05) is 13.2 Å². The number of rotatable bonds is 8. The van der Waals surface area contributed by atoms with Crippen LogP contribution in [0.15, 0.2) is 48.6 Å². The highest BCUT2D eigenvalue weighted by Gasteiger charge is 2.19. The van der Waals surface area contributed by atoms with Crippen molar-refractivity contribution in [2.45, 2.75) is 0 Å². The van der Waals surface area contributed by atoms with E-state index in [-0.39, 0.29) is 24.3 Å². The van der Waals surface area contributed by atoms with Crippen molar-refractivity contribution in [3.8, 4) is 0 Å². The van der Waals surface area contributed by atoms with Crippen molar-refractivity contribution in [3.63, 3.8) is 0 Å². The molecule has 0 heterocycles. The van der Waals surface area contributed by atoms with Gasteiger partial charge in [-0.2, -0.15) is 0 Å². The Balaban J connectivity index is 2.52. The fraction of sp³-hybridized carbons (Fsp3) is 0.125. The standard InChI is InChI=1S/C16H14O8/c1-9(13(17)18)10(2)15(21)23-7-8-24-16(22)12-6-4-3-5-11(12)14(19)20/h3-6H,1-2,7-8H2,(H,17,18)(H,19,20). The third kappa shape index (κ3) is 4.80. The molecule has 0 bridgehead atoms. The zero-order valence-corrected chi connectivity index (χ0v) is 12.5. The average molecular weight is 334 g/mol. The van der Waals surface area contributed by atoms with Crippen molar-refractivity contribution in [3.05, 3.63) is 59.7 Å². The Kier molecular flexibility index (Phi) is 6.42. The molecule has 1 aromatic rings. The zero-order valence-electron chi connectivity index (χ0n) is 12.5. The summed E-state index contributed by atoms with van der Waals surface area (Å²) in [7, 11) is 0. The Bertz CT molecular complexity index is 717. The summed E-state index contributed by atoms with van der Waals surface area (Å²) in [6, 6.07) is 5.48. The van der Waals surface area contributed by atoms with Crippen LogP contribution in [0.4, 0.5) is 0 Å². The molecule has 0 radical (unpaired) electrons. The van der Waals surface area contributed by atoms with Crippen LogP contribution in [0, 0.1) is 0 Å². The van der Waals surface area contributed by atoms with Gasteiger partial charge in [0.2, 0.25) is 0 Å². The summed E-state index contributed by atoms with van der Waals surface area (Å²) in [5.41, 5.74) is -1.29. The lowest BCUT2D eigenvalue weighted by Crippen LogP contribution is -2.18. The van der Waals surface area contributed by atoms with Gasteiger partial charge in [0.05, 0.1) is 22.3 Å². The maximum absolute atomic E-state index is 11.8. The highest BCUT2D eigenvalue weighted by molar-refractivity contribution is 6.05. The number of hydrogen-bond donors (Lipinski definition) is 2. The number of carbonyl (C=O) groups excluding carboxylic acids is 2. The van der Waals surface area contributed by atoms with E-state index in [1.165, 1.54) is 24.3 Å². The zero-order chi connectivity index (χ0) is 18.3. The van der Waals surface area contributed by atoms with Crippen molar-refractivity contribution in [2.24, 2.45) is 0 Å². The third-order valence-corrected chi connectivity index (χ3v) is 2.80. The van der Waals surface area contributed by atoms with Crippen LogP contribution in [0.25, 0.3) is 0 Å². The van der Waals surface area contributed by atoms with Crippen LogP contribution >= 0.6 is 0 Å². The van der Waals surface area contributed by atoms with E-state index in [4.69, 9.17) is 14.9 Å². The van der Waals surface area contributed by atoms with Crippen molar-refractivity contribution < 1.29 is 38.9 Å². The van der Waals surface area contributed by atoms with E-state index in [0.717, 1.165) is 0 Å². The number of aliphatic carboxylic acids is 1. The maximum Gasteiger partial charge on any atom is 0.339 e. The highest BCUT2D eigenvalue weighted by Crippen LogP contribution is 2.11. The molecule has 1 aromatic carbocycles. The topological polar surface area (TPSA) is 127 Å². The van der Waals surface area contributed by atoms with Crippen LogP contribution in [0.1, 0.15) is 20.7 Å². The van der Waals surface area contributed by atoms with Crippen LogP contribution in [0.2, 0.25) is 0 Å². The number of ether oxygens (including phenoxy) is 2. The van der Waals surface area contributed by atoms with Crippen LogP contribution in [0.5, 0.6) is 0 Å². The first-order chi connectivity index (χ1) is 11.3. The van der Waals surface area contributed by atoms with Gasteiger partial charge in [-0.15, -0.1) is 0 Å². The molecule has 0 unspecified atom stereocenters. The van der Waals surface area contributed by atoms with E-state index in [1.807, 2.05) is 0 Å². The molecule has 0 spiro atoms. The Morgan fingerprint density at radius 2 is 1.42 bits per heavy atom. The number of benzene rings is 1. The summed E-state index contributed by atoms with van der Waals surface area (Å²) >= 11 is 0. The summed E-state index contributed by atoms with van der Waals surface area (Å²) in [5, 5.41) is 17.6. The molecule has 24 heavy (non-hydrogen) atoms. The molecule has 0 aliphatic rings. The molecule has 1 rings (SSSR count). The normalized spacial score (nSPS) is 9.67. The second-order valence-electron chi connectivity index (χ2n) is 4.38. The van der Waals surface area contributed by atoms with Gasteiger partial charge >= 0.3 is 23.9 Å². The molecule has 0 aliphatic carbocycles. The van der Waals surface area contributed by atoms with Gasteiger partial charge in [-0.3, -0.25) is 0 Å². The minimum atomic E-state index is -1.41. The van der Waals surface area contributed by atoms with Crippen molar-refractivity contribution >= 4 is 23.9 Å². The van der Waals surface area contributed by atoms with Gasteiger partial charge < -0.3 is 19.7 Å². The first-order valence-corrected chi connectivity index (χ1v) is 6.53. The lowest BCUT2D eigenvalue weighted by atomic mass is 10.1. The van der Waals surface area contributed by atoms with Crippen LogP contribution in [-0.4, -0.2) is 47.3 Å². The van der Waals surface area contributed by atoms with E-state index < -0.39 is 35.0 Å². The lowest BCUT2D eigenvalue weighted by Gasteiger charge is -2.09. The second kappa shape index (κ2) is 8.28. The number of carboxylic acids is 2. The van der Waals surface area contributed by atoms with Gasteiger partial charge in [-0.25, -0.2) is 19.2 Å². The summed E-state index contributed by atoms with van der Waals surface area (Å²) in [6.07, 6.45) is 0. The molecule has 0 fully saturated rings. The quantitative estimate of drug-likeness (QED) is 0.315. The monoisotopic (exact) mass is 334 g/mol. The first kappa shape index (κ1) is 18.6. The Hall–Kier alpha value is -3.42. The fourth-order valence-corrected chi connectivity index (χ4v) is 1.53. The van der Waals surface area contributed by atoms with Gasteiger partial charge in [-0.1, -0.05) is 25.3 Å². The SMILES string of the molecule is C=C(C(=C)C(=O)OCCOC(=O)c1ccccc1C(=O)O)C(=O)O. The number of carbonyl (C=O) groups is 4. The van der Waals surface area contributed by atoms with E-state index in [9.17, 15) is 19.2 Å². The van der Waals surface area contributed by atoms with E-state index in [0.29, 0.717) is 0 Å². The molecule has 0 saturated carbocycles. The maximum atomic E-state index is 11.8. The van der Waals surface area contributed by atoms with Gasteiger partial charge in [0.25, 0.3) is 0 Å². The van der Waals surface area contributed by atoms with Gasteiger partial charge in [0, 0.05) is 0 Å². The van der Waals surface area contributed by atoms with Crippen LogP contribution < -0.4 is 0 Å². The van der Waals surface area contributed by atoms with Crippen molar-refractivity contribution in [1.82, 2.24) is 0 Å². The molecule has 0 atom stereocenters. The smallest absolute Gasteiger partial charge is 0.339 e. The fourth-order valence-electron chi connectivity index (χ4n) is 1.53. The largest absolute Gasteiger partial charge is 0.478 e. The molecule has 0 aliphatic heterocycles. The van der Waals surface area contributed by atoms with Crippen molar-refractivity contribution in [1.29, 1.82) is 0 Å². The minimum absolute atomic E-state index is 0.139. The predicted octanol–water partition coefficient (Wildman–Crippen LogP) is 1.28. The summed E-state index contributed by atoms with van der Waals surface area (Å²) in [5.74, 6) is -4.59. The molecule has 8 nitrogen and oxygen atoms in total. The Labute approximate surface area is 136 Å². The first-order valence-electron chi connectivity index (χ1n) is 6.53. The number of aromatic carboxylic acids is 1. The number of carboxylic acid groups (broad SMARTS) is 2. The molecule has 0 saturated heterocycles. The number of esters is 2. The van der Waals surface area contributed by atoms with Gasteiger partial charge in [-0.05, 0) is 12.1 Å².